The van der Waals surface area contributed by atoms with E-state index < -0.39 is 20.9 Å². The first kappa shape index (κ1) is 41.8. The van der Waals surface area contributed by atoms with Gasteiger partial charge in [-0.25, -0.2) is 13.1 Å². The van der Waals surface area contributed by atoms with Crippen molar-refractivity contribution in [3.05, 3.63) is 148 Å². The van der Waals surface area contributed by atoms with Crippen LogP contribution in [0.2, 0.25) is 5.02 Å². The van der Waals surface area contributed by atoms with E-state index in [1.165, 1.54) is 36.2 Å². The molecule has 0 aliphatic carbocycles. The second-order valence-electron chi connectivity index (χ2n) is 16.0. The van der Waals surface area contributed by atoms with Gasteiger partial charge in [-0.1, -0.05) is 66.2 Å². The smallest absolute Gasteiger partial charge is 0.293 e. The lowest BCUT2D eigenvalue weighted by Gasteiger charge is -2.36. The van der Waals surface area contributed by atoms with E-state index in [1.807, 2.05) is 72.8 Å². The van der Waals surface area contributed by atoms with Gasteiger partial charge in [0, 0.05) is 84.8 Å². The lowest BCUT2D eigenvalue weighted by molar-refractivity contribution is -0.384. The van der Waals surface area contributed by atoms with Gasteiger partial charge in [0.2, 0.25) is 0 Å². The molecule has 312 valence electrons. The number of nitrogens with zero attached hydrogens (tertiary/aromatic N) is 4. The third-order valence-electron chi connectivity index (χ3n) is 12.0. The number of halogens is 1. The summed E-state index contributed by atoms with van der Waals surface area (Å²) < 4.78 is 29.1. The predicted octanol–water partition coefficient (Wildman–Crippen LogP) is 8.66. The van der Waals surface area contributed by atoms with Crippen LogP contribution in [0.5, 0.6) is 0 Å². The van der Waals surface area contributed by atoms with Crippen molar-refractivity contribution in [3.8, 4) is 11.1 Å². The monoisotopic (exact) mass is 864 g/mol. The first-order chi connectivity index (χ1) is 29.1. The molecule has 3 fully saturated rings. The molecule has 14 heteroatoms. The van der Waals surface area contributed by atoms with Crippen LogP contribution in [0.4, 0.5) is 17.1 Å². The standard InChI is InChI=1S/C46H49ClN6O5S2/c47-38-15-10-33(11-16-38)43-9-5-4-6-37(43)31-50-24-26-52(27-25-50)40-18-13-34(14-19-40)46(54)49-60(57,58)42-20-21-44(45(28-42)53(55)56)48-39(32-59-41-7-2-1-3-8-41)17-12-35-29-51-23-22-36(35)30-51/h1-11,13-16,18-21,28,35-36,39,48H,12,17,22-27,29-32H2,(H,49,54)/t35?,36-,39+/m0/s1. The van der Waals surface area contributed by atoms with Crippen LogP contribution in [0.25, 0.3) is 11.1 Å². The first-order valence-corrected chi connectivity index (χ1v) is 23.4. The Hall–Kier alpha value is -4.92. The number of benzene rings is 5. The Labute approximate surface area is 361 Å². The van der Waals surface area contributed by atoms with Crippen LogP contribution in [0.3, 0.4) is 0 Å². The van der Waals surface area contributed by atoms with E-state index in [0.29, 0.717) is 22.6 Å². The topological polar surface area (TPSA) is 128 Å². The highest BCUT2D eigenvalue weighted by Crippen LogP contribution is 2.37. The van der Waals surface area contributed by atoms with Crippen molar-refractivity contribution < 1.29 is 18.1 Å². The highest BCUT2D eigenvalue weighted by molar-refractivity contribution is 7.99. The summed E-state index contributed by atoms with van der Waals surface area (Å²) in [6, 6.07) is 36.9. The third kappa shape index (κ3) is 10.2. The van der Waals surface area contributed by atoms with Gasteiger partial charge in [0.1, 0.15) is 5.69 Å². The number of piperazine rings is 1. The fourth-order valence-corrected chi connectivity index (χ4v) is 10.9. The minimum Gasteiger partial charge on any atom is -0.376 e. The zero-order chi connectivity index (χ0) is 41.6. The van der Waals surface area contributed by atoms with Crippen molar-refractivity contribution in [2.75, 3.05) is 61.8 Å². The number of carbonyl (C=O) groups is 1. The number of hydrogen-bond acceptors (Lipinski definition) is 10. The van der Waals surface area contributed by atoms with E-state index >= 15 is 0 Å². The number of carbonyl (C=O) groups excluding carboxylic acids is 1. The van der Waals surface area contributed by atoms with E-state index in [9.17, 15) is 23.3 Å². The van der Waals surface area contributed by atoms with E-state index in [1.54, 1.807) is 23.9 Å². The van der Waals surface area contributed by atoms with Crippen LogP contribution in [0.15, 0.2) is 131 Å². The summed E-state index contributed by atoms with van der Waals surface area (Å²) in [5.41, 5.74) is 4.55. The zero-order valence-corrected chi connectivity index (χ0v) is 35.7. The molecule has 2 N–H and O–H groups in total. The molecule has 0 spiro atoms. The Morgan fingerprint density at radius 3 is 2.30 bits per heavy atom. The molecule has 3 aliphatic heterocycles. The molecule has 3 heterocycles. The van der Waals surface area contributed by atoms with Crippen LogP contribution in [-0.2, 0) is 16.6 Å². The largest absolute Gasteiger partial charge is 0.376 e. The van der Waals surface area contributed by atoms with Gasteiger partial charge in [-0.15, -0.1) is 11.8 Å². The maximum absolute atomic E-state index is 13.5. The van der Waals surface area contributed by atoms with Crippen molar-refractivity contribution in [1.29, 1.82) is 0 Å². The minimum absolute atomic E-state index is 0.0831. The normalized spacial score (nSPS) is 19.6. The molecular weight excluding hydrogens is 816 g/mol. The lowest BCUT2D eigenvalue weighted by Crippen LogP contribution is -2.46. The highest BCUT2D eigenvalue weighted by Gasteiger charge is 2.38. The van der Waals surface area contributed by atoms with Crippen LogP contribution in [0.1, 0.15) is 35.2 Å². The molecule has 0 aromatic heterocycles. The molecule has 4 atom stereocenters. The van der Waals surface area contributed by atoms with Gasteiger partial charge in [0.25, 0.3) is 21.6 Å². The summed E-state index contributed by atoms with van der Waals surface area (Å²) in [5.74, 6) is 1.20. The SMILES string of the molecule is O=C(NS(=O)(=O)c1ccc(N[C@H](CCC2CN3CC[C@H]2C3)CSc2ccccc2)c([N+](=O)[O-])c1)c1ccc(N2CCN(Cc3ccccc3-c3ccc(Cl)cc3)CC2)cc1. The van der Waals surface area contributed by atoms with Gasteiger partial charge in [-0.05, 0) is 115 Å². The number of nitro benzene ring substituents is 1. The van der Waals surface area contributed by atoms with Gasteiger partial charge < -0.3 is 15.1 Å². The summed E-state index contributed by atoms with van der Waals surface area (Å²) in [4.78, 5) is 33.0. The van der Waals surface area contributed by atoms with Crippen molar-refractivity contribution >= 4 is 56.4 Å². The van der Waals surface area contributed by atoms with Crippen molar-refractivity contribution in [2.45, 2.75) is 41.6 Å². The Morgan fingerprint density at radius 1 is 0.867 bits per heavy atom. The Kier molecular flexibility index (Phi) is 13.1. The maximum atomic E-state index is 13.5. The Morgan fingerprint density at radius 2 is 1.60 bits per heavy atom. The number of nitrogens with one attached hydrogen (secondary N) is 2. The summed E-state index contributed by atoms with van der Waals surface area (Å²) in [6.45, 7) is 7.53. The fraction of sp³-hybridized carbons (Fsp3) is 0.326. The van der Waals surface area contributed by atoms with E-state index in [-0.39, 0.29) is 27.9 Å². The molecule has 60 heavy (non-hydrogen) atoms. The number of nitro groups is 1. The molecule has 0 radical (unpaired) electrons. The van der Waals surface area contributed by atoms with Crippen molar-refractivity contribution in [1.82, 2.24) is 14.5 Å². The molecule has 2 unspecified atom stereocenters. The molecule has 3 saturated heterocycles. The van der Waals surface area contributed by atoms with E-state index in [4.69, 9.17) is 11.6 Å². The maximum Gasteiger partial charge on any atom is 0.293 e. The van der Waals surface area contributed by atoms with Gasteiger partial charge in [0.05, 0.1) is 9.82 Å². The third-order valence-corrected chi connectivity index (χ3v) is 14.8. The number of fused-ring (bicyclic) bond motifs is 2. The zero-order valence-electron chi connectivity index (χ0n) is 33.3. The van der Waals surface area contributed by atoms with Crippen LogP contribution in [-0.4, -0.2) is 86.7 Å². The molecule has 5 aromatic carbocycles. The average Bonchev–Trinajstić information content (AvgIpc) is 3.90. The highest BCUT2D eigenvalue weighted by atomic mass is 35.5. The van der Waals surface area contributed by atoms with Gasteiger partial charge >= 0.3 is 0 Å². The number of anilines is 2. The quantitative estimate of drug-likeness (QED) is 0.0565. The molecule has 1 amide bonds. The van der Waals surface area contributed by atoms with Crippen molar-refractivity contribution in [3.63, 3.8) is 0 Å². The second kappa shape index (κ2) is 18.8. The Bertz CT molecular complexity index is 2400. The first-order valence-electron chi connectivity index (χ1n) is 20.5. The van der Waals surface area contributed by atoms with Gasteiger partial charge in [-0.2, -0.15) is 0 Å². The van der Waals surface area contributed by atoms with Crippen LogP contribution < -0.4 is 14.9 Å². The number of thioether (sulfide) groups is 1. The van der Waals surface area contributed by atoms with E-state index in [0.717, 1.165) is 80.9 Å². The van der Waals surface area contributed by atoms with Crippen LogP contribution >= 0.6 is 23.4 Å². The summed E-state index contributed by atoms with van der Waals surface area (Å²) in [7, 11) is -4.43. The number of rotatable bonds is 16. The molecule has 11 nitrogen and oxygen atoms in total. The summed E-state index contributed by atoms with van der Waals surface area (Å²) >= 11 is 7.81. The minimum atomic E-state index is -4.43. The number of piperidine rings is 1. The fourth-order valence-electron chi connectivity index (χ4n) is 8.76. The average molecular weight is 866 g/mol. The summed E-state index contributed by atoms with van der Waals surface area (Å²) in [6.07, 6.45) is 3.07. The molecule has 3 aliphatic rings. The Balaban J connectivity index is 0.879. The number of hydrogen-bond donors (Lipinski definition) is 2. The molecule has 8 rings (SSSR count). The molecule has 2 bridgehead atoms. The lowest BCUT2D eigenvalue weighted by atomic mass is 9.87. The summed E-state index contributed by atoms with van der Waals surface area (Å²) in [5, 5.41) is 16.5. The molecule has 0 saturated carbocycles. The number of amides is 1. The second-order valence-corrected chi connectivity index (χ2v) is 19.2. The van der Waals surface area contributed by atoms with E-state index in [2.05, 4.69) is 42.9 Å². The van der Waals surface area contributed by atoms with Crippen LogP contribution in [0, 0.1) is 22.0 Å². The van der Waals surface area contributed by atoms with Crippen molar-refractivity contribution in [2.24, 2.45) is 11.8 Å². The number of sulfonamides is 1. The molecule has 5 aromatic rings. The van der Waals surface area contributed by atoms with Gasteiger partial charge in [0.15, 0.2) is 0 Å². The predicted molar refractivity (Wildman–Crippen MR) is 240 cm³/mol. The molecular formula is C46H49ClN6O5S2. The van der Waals surface area contributed by atoms with Gasteiger partial charge in [-0.3, -0.25) is 19.8 Å².